The fourth-order valence-electron chi connectivity index (χ4n) is 6.65. The maximum atomic E-state index is 13.9. The minimum absolute atomic E-state index is 0.0926. The molecule has 1 unspecified atom stereocenters. The van der Waals surface area contributed by atoms with Crippen molar-refractivity contribution >= 4 is 6.09 Å². The van der Waals surface area contributed by atoms with Gasteiger partial charge >= 0.3 is 6.09 Å². The third kappa shape index (κ3) is 5.60. The minimum Gasteiger partial charge on any atom is -0.496 e. The lowest BCUT2D eigenvalue weighted by Crippen LogP contribution is -2.50. The molecule has 45 heavy (non-hydrogen) atoms. The Morgan fingerprint density at radius 3 is 2.16 bits per heavy atom. The highest BCUT2D eigenvalue weighted by Gasteiger charge is 2.49. The third-order valence-electron chi connectivity index (χ3n) is 8.83. The second-order valence-electron chi connectivity index (χ2n) is 11.9. The van der Waals surface area contributed by atoms with Gasteiger partial charge in [-0.1, -0.05) is 78.9 Å². The summed E-state index contributed by atoms with van der Waals surface area (Å²) >= 11 is 0. The highest BCUT2D eigenvalue weighted by molar-refractivity contribution is 5.79. The second-order valence-corrected chi connectivity index (χ2v) is 11.9. The van der Waals surface area contributed by atoms with Crippen molar-refractivity contribution in [1.82, 2.24) is 4.90 Å². The zero-order chi connectivity index (χ0) is 31.7. The van der Waals surface area contributed by atoms with E-state index in [0.29, 0.717) is 35.0 Å². The summed E-state index contributed by atoms with van der Waals surface area (Å²) < 4.78 is 29.7. The number of rotatable bonds is 9. The molecule has 1 fully saturated rings. The number of carbonyl (C=O) groups excluding carboxylic acids is 1. The molecule has 8 heteroatoms. The van der Waals surface area contributed by atoms with Crippen LogP contribution in [0.25, 0.3) is 11.1 Å². The second kappa shape index (κ2) is 12.5. The van der Waals surface area contributed by atoms with Gasteiger partial charge in [-0.3, -0.25) is 4.90 Å². The van der Waals surface area contributed by atoms with Gasteiger partial charge in [0.25, 0.3) is 0 Å². The number of aliphatic hydroxyl groups is 1. The van der Waals surface area contributed by atoms with Gasteiger partial charge in [-0.25, -0.2) is 4.79 Å². The number of carbonyl (C=O) groups is 1. The average molecular weight is 610 g/mol. The first-order chi connectivity index (χ1) is 21.7. The van der Waals surface area contributed by atoms with Crippen LogP contribution in [0.4, 0.5) is 4.79 Å². The Hall–Kier alpha value is -4.53. The van der Waals surface area contributed by atoms with Gasteiger partial charge in [-0.2, -0.15) is 0 Å². The van der Waals surface area contributed by atoms with Crippen molar-refractivity contribution in [3.8, 4) is 28.4 Å². The molecule has 1 heterocycles. The number of fused-ring (bicyclic) bond motifs is 3. The topological polar surface area (TPSA) is 86.7 Å². The molecule has 0 radical (unpaired) electrons. The largest absolute Gasteiger partial charge is 0.496 e. The molecule has 1 aliphatic heterocycles. The van der Waals surface area contributed by atoms with E-state index in [2.05, 4.69) is 24.3 Å². The zero-order valence-corrected chi connectivity index (χ0v) is 26.3. The maximum Gasteiger partial charge on any atom is 0.412 e. The Bertz CT molecular complexity index is 1640. The Morgan fingerprint density at radius 2 is 1.53 bits per heavy atom. The van der Waals surface area contributed by atoms with Gasteiger partial charge in [-0.05, 0) is 54.7 Å². The van der Waals surface area contributed by atoms with Crippen LogP contribution in [0.5, 0.6) is 17.2 Å². The van der Waals surface area contributed by atoms with Gasteiger partial charge in [0.1, 0.15) is 30.8 Å². The first-order valence-electron chi connectivity index (χ1n) is 15.1. The fraction of sp³-hybridized carbons (Fsp3) is 0.324. The first-order valence-corrected chi connectivity index (χ1v) is 15.1. The normalized spacial score (nSPS) is 17.4. The average Bonchev–Trinajstić information content (AvgIpc) is 3.55. The Labute approximate surface area is 264 Å². The molecule has 0 spiro atoms. The SMILES string of the molecule is COc1c(OCc2ccccc2)cc(C(O)[C@H]2COC(C)(C)N2C(=O)OCC2c3ccccc3-c3ccccc32)c(OC)c1C. The van der Waals surface area contributed by atoms with Crippen molar-refractivity contribution in [3.05, 3.63) is 113 Å². The predicted molar refractivity (Wildman–Crippen MR) is 171 cm³/mol. The number of ether oxygens (including phenoxy) is 5. The lowest BCUT2D eigenvalue weighted by atomic mass is 9.97. The quantitative estimate of drug-likeness (QED) is 0.218. The summed E-state index contributed by atoms with van der Waals surface area (Å²) in [6.07, 6.45) is -1.74. The number of benzene rings is 4. The van der Waals surface area contributed by atoms with Crippen LogP contribution >= 0.6 is 0 Å². The lowest BCUT2D eigenvalue weighted by Gasteiger charge is -2.35. The van der Waals surface area contributed by atoms with Crippen molar-refractivity contribution < 1.29 is 33.6 Å². The van der Waals surface area contributed by atoms with Gasteiger partial charge in [-0.15, -0.1) is 0 Å². The number of aliphatic hydroxyl groups excluding tert-OH is 1. The van der Waals surface area contributed by atoms with E-state index in [9.17, 15) is 9.90 Å². The molecule has 2 atom stereocenters. The molecule has 1 amide bonds. The summed E-state index contributed by atoms with van der Waals surface area (Å²) in [5, 5.41) is 11.9. The number of methoxy groups -OCH3 is 2. The van der Waals surface area contributed by atoms with Crippen molar-refractivity contribution in [1.29, 1.82) is 0 Å². The molecule has 4 aromatic carbocycles. The number of amides is 1. The van der Waals surface area contributed by atoms with Crippen LogP contribution in [0.15, 0.2) is 84.9 Å². The van der Waals surface area contributed by atoms with Crippen LogP contribution < -0.4 is 14.2 Å². The van der Waals surface area contributed by atoms with Crippen molar-refractivity contribution in [2.75, 3.05) is 27.4 Å². The van der Waals surface area contributed by atoms with Gasteiger partial charge in [0.2, 0.25) is 0 Å². The van der Waals surface area contributed by atoms with Crippen LogP contribution in [-0.2, 0) is 16.1 Å². The smallest absolute Gasteiger partial charge is 0.412 e. The van der Waals surface area contributed by atoms with Gasteiger partial charge in [0, 0.05) is 17.0 Å². The molecule has 2 aliphatic rings. The highest BCUT2D eigenvalue weighted by Crippen LogP contribution is 2.47. The fourth-order valence-corrected chi connectivity index (χ4v) is 6.65. The molecular formula is C37H39NO7. The van der Waals surface area contributed by atoms with Gasteiger partial charge in [0.05, 0.1) is 26.9 Å². The molecule has 0 saturated carbocycles. The van der Waals surface area contributed by atoms with Crippen LogP contribution in [-0.4, -0.2) is 55.3 Å². The van der Waals surface area contributed by atoms with Crippen LogP contribution in [0.1, 0.15) is 53.7 Å². The van der Waals surface area contributed by atoms with Gasteiger partial charge in [0.15, 0.2) is 11.5 Å². The van der Waals surface area contributed by atoms with Crippen LogP contribution in [0.3, 0.4) is 0 Å². The van der Waals surface area contributed by atoms with Gasteiger partial charge < -0.3 is 28.8 Å². The van der Waals surface area contributed by atoms with E-state index in [0.717, 1.165) is 27.8 Å². The molecule has 1 saturated heterocycles. The molecule has 0 bridgehead atoms. The molecule has 234 valence electrons. The molecule has 8 nitrogen and oxygen atoms in total. The molecule has 6 rings (SSSR count). The Kier molecular flexibility index (Phi) is 8.44. The zero-order valence-electron chi connectivity index (χ0n) is 26.3. The molecule has 4 aromatic rings. The number of nitrogens with zero attached hydrogens (tertiary/aromatic N) is 1. The number of hydrogen-bond acceptors (Lipinski definition) is 7. The number of hydrogen-bond donors (Lipinski definition) is 1. The van der Waals surface area contributed by atoms with E-state index in [4.69, 9.17) is 23.7 Å². The third-order valence-corrected chi connectivity index (χ3v) is 8.83. The first kappa shape index (κ1) is 30.5. The van der Waals surface area contributed by atoms with E-state index in [1.54, 1.807) is 34.1 Å². The van der Waals surface area contributed by atoms with E-state index < -0.39 is 24.0 Å². The predicted octanol–water partition coefficient (Wildman–Crippen LogP) is 7.01. The molecular weight excluding hydrogens is 570 g/mol. The molecule has 0 aromatic heterocycles. The maximum absolute atomic E-state index is 13.9. The summed E-state index contributed by atoms with van der Waals surface area (Å²) in [7, 11) is 3.11. The summed E-state index contributed by atoms with van der Waals surface area (Å²) in [6.45, 7) is 6.02. The summed E-state index contributed by atoms with van der Waals surface area (Å²) in [4.78, 5) is 15.4. The van der Waals surface area contributed by atoms with E-state index in [1.165, 1.54) is 4.90 Å². The van der Waals surface area contributed by atoms with E-state index in [-0.39, 0.29) is 19.1 Å². The molecule has 1 N–H and O–H groups in total. The Morgan fingerprint density at radius 1 is 0.933 bits per heavy atom. The van der Waals surface area contributed by atoms with Crippen LogP contribution in [0, 0.1) is 6.92 Å². The van der Waals surface area contributed by atoms with Crippen molar-refractivity contribution in [2.45, 2.75) is 51.2 Å². The van der Waals surface area contributed by atoms with Crippen molar-refractivity contribution in [2.24, 2.45) is 0 Å². The monoisotopic (exact) mass is 609 g/mol. The molecule has 1 aliphatic carbocycles. The standard InChI is InChI=1S/C37H39NO7/c1-23-34(41-4)29(19-32(35(23)42-5)43-20-24-13-7-6-8-14-24)33(39)31-22-45-37(2,3)38(31)36(40)44-21-30-27-17-11-9-15-25(27)26-16-10-12-18-28(26)30/h6-19,30-31,33,39H,20-22H2,1-5H3/t31-,33?/m1/s1. The highest BCUT2D eigenvalue weighted by atomic mass is 16.6. The van der Waals surface area contributed by atoms with E-state index >= 15 is 0 Å². The summed E-state index contributed by atoms with van der Waals surface area (Å²) in [5.74, 6) is 1.32. The Balaban J connectivity index is 1.27. The van der Waals surface area contributed by atoms with Crippen molar-refractivity contribution in [3.63, 3.8) is 0 Å². The minimum atomic E-state index is -1.18. The van der Waals surface area contributed by atoms with E-state index in [1.807, 2.05) is 61.5 Å². The lowest BCUT2D eigenvalue weighted by molar-refractivity contribution is -0.0535. The van der Waals surface area contributed by atoms with Crippen LogP contribution in [0.2, 0.25) is 0 Å². The summed E-state index contributed by atoms with van der Waals surface area (Å²) in [6, 6.07) is 27.2. The summed E-state index contributed by atoms with van der Waals surface area (Å²) in [5.41, 5.74) is 5.66.